The number of hydrogen-bond donors (Lipinski definition) is 4. The van der Waals surface area contributed by atoms with E-state index in [9.17, 15) is 9.59 Å². The molecule has 0 bridgehead atoms. The van der Waals surface area contributed by atoms with Gasteiger partial charge >= 0.3 is 6.09 Å². The number of halogens is 1. The Morgan fingerprint density at radius 3 is 2.48 bits per heavy atom. The molecule has 1 atom stereocenters. The van der Waals surface area contributed by atoms with Crippen LogP contribution in [0.1, 0.15) is 51.6 Å². The number of nitrogens with one attached hydrogen (secondary N) is 4. The molecule has 5 rings (SSSR count). The second-order valence-electron chi connectivity index (χ2n) is 12.1. The number of amides is 2. The molecule has 4 N–H and O–H groups in total. The van der Waals surface area contributed by atoms with E-state index in [1.807, 2.05) is 57.3 Å². The minimum absolute atomic E-state index is 0.220. The summed E-state index contributed by atoms with van der Waals surface area (Å²) in [5, 5.41) is 11.2. The monoisotopic (exact) mass is 596 g/mol. The lowest BCUT2D eigenvalue weighted by Gasteiger charge is -2.42. The van der Waals surface area contributed by atoms with E-state index in [-0.39, 0.29) is 11.9 Å². The van der Waals surface area contributed by atoms with Gasteiger partial charge in [0.15, 0.2) is 0 Å². The van der Waals surface area contributed by atoms with Crippen molar-refractivity contribution in [1.82, 2.24) is 35.8 Å². The number of H-pyrrole nitrogens is 1. The van der Waals surface area contributed by atoms with Crippen molar-refractivity contribution in [1.29, 1.82) is 0 Å². The van der Waals surface area contributed by atoms with Gasteiger partial charge in [0.05, 0.1) is 11.4 Å². The Morgan fingerprint density at radius 1 is 1.07 bits per heavy atom. The van der Waals surface area contributed by atoms with E-state index in [0.717, 1.165) is 61.6 Å². The predicted octanol–water partition coefficient (Wildman–Crippen LogP) is 3.63. The number of aromatic nitrogens is 3. The van der Waals surface area contributed by atoms with Gasteiger partial charge in [0.2, 0.25) is 5.91 Å². The summed E-state index contributed by atoms with van der Waals surface area (Å²) < 4.78 is 5.61. The average Bonchev–Trinajstić information content (AvgIpc) is 3.45. The van der Waals surface area contributed by atoms with E-state index in [1.165, 1.54) is 6.33 Å². The minimum Gasteiger partial charge on any atom is -0.444 e. The van der Waals surface area contributed by atoms with E-state index >= 15 is 0 Å². The number of aromatic amines is 1. The summed E-state index contributed by atoms with van der Waals surface area (Å²) in [6, 6.07) is 9.31. The Balaban J connectivity index is 1.36. The average molecular weight is 597 g/mol. The fourth-order valence-corrected chi connectivity index (χ4v) is 5.80. The molecule has 2 amide bonds. The Morgan fingerprint density at radius 2 is 1.79 bits per heavy atom. The minimum atomic E-state index is -1.15. The van der Waals surface area contributed by atoms with Gasteiger partial charge in [-0.05, 0) is 63.8 Å². The first-order chi connectivity index (χ1) is 20.1. The van der Waals surface area contributed by atoms with Crippen molar-refractivity contribution < 1.29 is 14.3 Å². The highest BCUT2D eigenvalue weighted by Gasteiger charge is 2.45. The van der Waals surface area contributed by atoms with Crippen molar-refractivity contribution in [2.24, 2.45) is 0 Å². The Kier molecular flexibility index (Phi) is 9.19. The first-order valence-electron chi connectivity index (χ1n) is 14.7. The van der Waals surface area contributed by atoms with Crippen LogP contribution in [0.3, 0.4) is 0 Å². The topological polar surface area (TPSA) is 128 Å². The van der Waals surface area contributed by atoms with Gasteiger partial charge in [-0.2, -0.15) is 0 Å². The number of piperidine rings is 1. The first kappa shape index (κ1) is 30.1. The van der Waals surface area contributed by atoms with Crippen molar-refractivity contribution in [3.63, 3.8) is 0 Å². The predicted molar refractivity (Wildman–Crippen MR) is 164 cm³/mol. The van der Waals surface area contributed by atoms with Crippen LogP contribution in [0.25, 0.3) is 11.0 Å². The van der Waals surface area contributed by atoms with E-state index in [0.29, 0.717) is 31.0 Å². The number of benzene rings is 1. The molecule has 2 fully saturated rings. The van der Waals surface area contributed by atoms with Crippen LogP contribution in [0.2, 0.25) is 5.02 Å². The van der Waals surface area contributed by atoms with Crippen molar-refractivity contribution in [2.45, 2.75) is 57.2 Å². The van der Waals surface area contributed by atoms with Crippen LogP contribution in [0.5, 0.6) is 0 Å². The van der Waals surface area contributed by atoms with Gasteiger partial charge in [-0.15, -0.1) is 0 Å². The van der Waals surface area contributed by atoms with E-state index < -0.39 is 17.2 Å². The largest absolute Gasteiger partial charge is 0.444 e. The Bertz CT molecular complexity index is 1360. The number of anilines is 1. The first-order valence-corrected chi connectivity index (χ1v) is 15.0. The number of carbonyl (C=O) groups is 2. The van der Waals surface area contributed by atoms with Gasteiger partial charge in [-0.1, -0.05) is 23.7 Å². The van der Waals surface area contributed by atoms with Crippen LogP contribution in [0, 0.1) is 0 Å². The molecule has 42 heavy (non-hydrogen) atoms. The highest BCUT2D eigenvalue weighted by atomic mass is 35.5. The molecule has 0 spiro atoms. The summed E-state index contributed by atoms with van der Waals surface area (Å²) >= 11 is 6.19. The van der Waals surface area contributed by atoms with E-state index in [2.05, 4.69) is 40.7 Å². The molecule has 11 nitrogen and oxygen atoms in total. The summed E-state index contributed by atoms with van der Waals surface area (Å²) in [7, 11) is 0. The van der Waals surface area contributed by atoms with Crippen molar-refractivity contribution in [2.75, 3.05) is 50.7 Å². The maximum absolute atomic E-state index is 14.3. The summed E-state index contributed by atoms with van der Waals surface area (Å²) in [6.07, 6.45) is 4.28. The lowest BCUT2D eigenvalue weighted by Crippen LogP contribution is -2.64. The standard InChI is InChI=1S/C30H41ClN8O3/c1-29(2,3)42-28(41)37-30(10-16-39(17-11-30)26-23-8-12-33-25(23)34-20-35-26)27(40)36-24(21-4-6-22(31)7-5-21)9-15-38-18-13-32-14-19-38/h4-8,12,20,24,32H,9-11,13-19H2,1-3H3,(H,36,40)(H,37,41)(H,33,34,35)/t24-/m1/s1. The number of ether oxygens (including phenoxy) is 1. The smallest absolute Gasteiger partial charge is 0.408 e. The fraction of sp³-hybridized carbons (Fsp3) is 0.533. The number of alkyl carbamates (subject to hydrolysis) is 1. The second-order valence-corrected chi connectivity index (χ2v) is 12.5. The van der Waals surface area contributed by atoms with E-state index in [4.69, 9.17) is 16.3 Å². The van der Waals surface area contributed by atoms with Crippen molar-refractivity contribution >= 4 is 40.5 Å². The normalized spacial score (nSPS) is 18.4. The molecule has 0 radical (unpaired) electrons. The van der Waals surface area contributed by atoms with Crippen LogP contribution in [0.4, 0.5) is 10.6 Å². The zero-order chi connectivity index (χ0) is 29.7. The third-order valence-electron chi connectivity index (χ3n) is 7.95. The number of nitrogens with zero attached hydrogens (tertiary/aromatic N) is 4. The lowest BCUT2D eigenvalue weighted by molar-refractivity contribution is -0.129. The number of rotatable bonds is 8. The van der Waals surface area contributed by atoms with E-state index in [1.54, 1.807) is 0 Å². The third-order valence-corrected chi connectivity index (χ3v) is 8.20. The molecule has 12 heteroatoms. The van der Waals surface area contributed by atoms with Gasteiger partial charge in [0.25, 0.3) is 0 Å². The highest BCUT2D eigenvalue weighted by Crippen LogP contribution is 2.31. The van der Waals surface area contributed by atoms with Gasteiger partial charge in [0, 0.05) is 57.0 Å². The van der Waals surface area contributed by atoms with Gasteiger partial charge in [-0.3, -0.25) is 4.79 Å². The highest BCUT2D eigenvalue weighted by molar-refractivity contribution is 6.30. The summed E-state index contributed by atoms with van der Waals surface area (Å²) in [6.45, 7) is 11.2. The van der Waals surface area contributed by atoms with Crippen LogP contribution in [-0.4, -0.2) is 88.8 Å². The van der Waals surface area contributed by atoms with Crippen molar-refractivity contribution in [3.8, 4) is 0 Å². The van der Waals surface area contributed by atoms with Gasteiger partial charge in [0.1, 0.15) is 28.9 Å². The SMILES string of the molecule is CC(C)(C)OC(=O)NC1(C(=O)N[C@H](CCN2CCNCC2)c2ccc(Cl)cc2)CCN(c2ncnc3[nH]ccc23)CC1. The second kappa shape index (κ2) is 12.8. The molecule has 0 unspecified atom stereocenters. The number of piperazine rings is 1. The van der Waals surface area contributed by atoms with Crippen LogP contribution in [-0.2, 0) is 9.53 Å². The zero-order valence-corrected chi connectivity index (χ0v) is 25.3. The zero-order valence-electron chi connectivity index (χ0n) is 24.6. The van der Waals surface area contributed by atoms with Gasteiger partial charge < -0.3 is 35.5 Å². The molecular formula is C30H41ClN8O3. The van der Waals surface area contributed by atoms with Crippen LogP contribution >= 0.6 is 11.6 Å². The van der Waals surface area contributed by atoms with Crippen LogP contribution in [0.15, 0.2) is 42.9 Å². The number of carbonyl (C=O) groups excluding carboxylic acids is 2. The summed E-state index contributed by atoms with van der Waals surface area (Å²) in [5.41, 5.74) is -0.110. The maximum atomic E-state index is 14.3. The maximum Gasteiger partial charge on any atom is 0.408 e. The molecule has 2 saturated heterocycles. The Hall–Kier alpha value is -3.41. The molecule has 2 aliphatic rings. The molecule has 4 heterocycles. The molecule has 2 aromatic heterocycles. The van der Waals surface area contributed by atoms with Gasteiger partial charge in [-0.25, -0.2) is 14.8 Å². The molecule has 0 aliphatic carbocycles. The molecule has 2 aliphatic heterocycles. The number of hydrogen-bond acceptors (Lipinski definition) is 8. The summed E-state index contributed by atoms with van der Waals surface area (Å²) in [4.78, 5) is 43.8. The molecule has 0 saturated carbocycles. The number of fused-ring (bicyclic) bond motifs is 1. The lowest BCUT2D eigenvalue weighted by atomic mass is 9.85. The third kappa shape index (κ3) is 7.32. The van der Waals surface area contributed by atoms with Crippen LogP contribution < -0.4 is 20.9 Å². The molecule has 1 aromatic carbocycles. The van der Waals surface area contributed by atoms with Crippen molar-refractivity contribution in [3.05, 3.63) is 53.4 Å². The fourth-order valence-electron chi connectivity index (χ4n) is 5.68. The molecule has 3 aromatic rings. The Labute approximate surface area is 251 Å². The molecular weight excluding hydrogens is 556 g/mol. The summed E-state index contributed by atoms with van der Waals surface area (Å²) in [5.74, 6) is 0.588. The quantitative estimate of drug-likeness (QED) is 0.310. The molecule has 226 valence electrons.